The van der Waals surface area contributed by atoms with Gasteiger partial charge in [-0.1, -0.05) is 30.3 Å². The Morgan fingerprint density at radius 3 is 2.74 bits per heavy atom. The van der Waals surface area contributed by atoms with Crippen LogP contribution in [0.4, 0.5) is 18.9 Å². The maximum absolute atomic E-state index is 12.4. The average Bonchev–Trinajstić information content (AvgIpc) is 2.52. The molecule has 2 aromatic rings. The lowest BCUT2D eigenvalue weighted by Gasteiger charge is -2.23. The van der Waals surface area contributed by atoms with E-state index in [1.54, 1.807) is 42.5 Å². The van der Waals surface area contributed by atoms with E-state index in [0.29, 0.717) is 35.6 Å². The van der Waals surface area contributed by atoms with E-state index in [-0.39, 0.29) is 11.9 Å². The number of hydrogen-bond acceptors (Lipinski definition) is 4. The van der Waals surface area contributed by atoms with Gasteiger partial charge in [0.1, 0.15) is 5.75 Å². The van der Waals surface area contributed by atoms with E-state index >= 15 is 0 Å². The molecule has 7 heteroatoms. The maximum Gasteiger partial charge on any atom is 0.461 e. The second kappa shape index (κ2) is 6.33. The van der Waals surface area contributed by atoms with Crippen LogP contribution < -0.4 is 9.46 Å². The van der Waals surface area contributed by atoms with Gasteiger partial charge in [0.15, 0.2) is 0 Å². The van der Waals surface area contributed by atoms with Gasteiger partial charge in [-0.15, -0.1) is 0 Å². The standard InChI is InChI=1S/C16H14F3NO2S/c17-16(18,19)23-20-13-4-2-1-3-11(13)10-5-6-12-14(21)7-8-22-15(12)9-10/h1-6,9,14,20-21H,7-8H2/t14-/m0/s1. The van der Waals surface area contributed by atoms with Gasteiger partial charge in [0, 0.05) is 17.5 Å². The van der Waals surface area contributed by atoms with E-state index in [2.05, 4.69) is 4.72 Å². The molecular formula is C16H14F3NO2S. The van der Waals surface area contributed by atoms with Crippen LogP contribution in [-0.2, 0) is 0 Å². The molecule has 1 aliphatic rings. The van der Waals surface area contributed by atoms with E-state index in [0.717, 1.165) is 5.56 Å². The third-order valence-electron chi connectivity index (χ3n) is 3.54. The molecule has 3 rings (SSSR count). The summed E-state index contributed by atoms with van der Waals surface area (Å²) in [5.41, 5.74) is -1.93. The number of anilines is 1. The summed E-state index contributed by atoms with van der Waals surface area (Å²) in [6.07, 6.45) is -0.0332. The molecule has 0 spiro atoms. The summed E-state index contributed by atoms with van der Waals surface area (Å²) in [5.74, 6) is 0.569. The van der Waals surface area contributed by atoms with E-state index in [1.807, 2.05) is 0 Å². The van der Waals surface area contributed by atoms with Gasteiger partial charge in [-0.05, 0) is 17.7 Å². The molecule has 122 valence electrons. The first kappa shape index (κ1) is 16.0. The van der Waals surface area contributed by atoms with Crippen LogP contribution in [0.2, 0.25) is 0 Å². The van der Waals surface area contributed by atoms with Gasteiger partial charge in [-0.25, -0.2) is 0 Å². The fraction of sp³-hybridized carbons (Fsp3) is 0.250. The number of nitrogens with one attached hydrogen (secondary N) is 1. The summed E-state index contributed by atoms with van der Waals surface area (Å²) >= 11 is -0.297. The van der Waals surface area contributed by atoms with Crippen LogP contribution in [0.3, 0.4) is 0 Å². The Bertz CT molecular complexity index is 706. The lowest BCUT2D eigenvalue weighted by atomic mass is 9.97. The Balaban J connectivity index is 1.93. The maximum atomic E-state index is 12.4. The molecule has 0 aliphatic carbocycles. The smallest absolute Gasteiger partial charge is 0.461 e. The molecule has 2 N–H and O–H groups in total. The number of hydrogen-bond donors (Lipinski definition) is 2. The minimum Gasteiger partial charge on any atom is -0.493 e. The van der Waals surface area contributed by atoms with Crippen molar-refractivity contribution in [3.05, 3.63) is 48.0 Å². The fourth-order valence-corrected chi connectivity index (χ4v) is 2.88. The van der Waals surface area contributed by atoms with E-state index in [4.69, 9.17) is 4.74 Å². The van der Waals surface area contributed by atoms with Crippen molar-refractivity contribution in [2.45, 2.75) is 18.0 Å². The molecule has 1 atom stereocenters. The van der Waals surface area contributed by atoms with Gasteiger partial charge in [0.2, 0.25) is 0 Å². The molecule has 2 aromatic carbocycles. The molecule has 0 saturated heterocycles. The Kier molecular flexibility index (Phi) is 4.41. The molecule has 3 nitrogen and oxygen atoms in total. The number of alkyl halides is 3. The summed E-state index contributed by atoms with van der Waals surface area (Å²) in [6, 6.07) is 12.0. The Hall–Kier alpha value is -1.86. The number of aliphatic hydroxyl groups is 1. The lowest BCUT2D eigenvalue weighted by molar-refractivity contribution is -0.0323. The van der Waals surface area contributed by atoms with Crippen molar-refractivity contribution in [1.82, 2.24) is 0 Å². The van der Waals surface area contributed by atoms with Gasteiger partial charge < -0.3 is 14.6 Å². The van der Waals surface area contributed by atoms with Crippen molar-refractivity contribution in [2.75, 3.05) is 11.3 Å². The summed E-state index contributed by atoms with van der Waals surface area (Å²) in [7, 11) is 0. The first-order valence-corrected chi connectivity index (χ1v) is 7.80. The van der Waals surface area contributed by atoms with Gasteiger partial charge >= 0.3 is 5.51 Å². The Morgan fingerprint density at radius 1 is 1.17 bits per heavy atom. The van der Waals surface area contributed by atoms with Crippen LogP contribution in [0.25, 0.3) is 11.1 Å². The summed E-state index contributed by atoms with van der Waals surface area (Å²) < 4.78 is 45.1. The number of fused-ring (bicyclic) bond motifs is 1. The highest BCUT2D eigenvalue weighted by atomic mass is 32.2. The van der Waals surface area contributed by atoms with Gasteiger partial charge in [-0.3, -0.25) is 0 Å². The molecule has 23 heavy (non-hydrogen) atoms. The zero-order chi connectivity index (χ0) is 16.4. The topological polar surface area (TPSA) is 41.5 Å². The first-order chi connectivity index (χ1) is 10.9. The van der Waals surface area contributed by atoms with Crippen molar-refractivity contribution in [2.24, 2.45) is 0 Å². The number of aliphatic hydroxyl groups excluding tert-OH is 1. The quantitative estimate of drug-likeness (QED) is 0.791. The summed E-state index contributed by atoms with van der Waals surface area (Å²) in [6.45, 7) is 0.418. The van der Waals surface area contributed by atoms with Crippen LogP contribution >= 0.6 is 11.9 Å². The molecule has 0 amide bonds. The first-order valence-electron chi connectivity index (χ1n) is 6.99. The number of para-hydroxylation sites is 1. The van der Waals surface area contributed by atoms with Crippen LogP contribution in [-0.4, -0.2) is 17.2 Å². The number of halogens is 3. The molecular weight excluding hydrogens is 327 g/mol. The minimum absolute atomic E-state index is 0.297. The highest BCUT2D eigenvalue weighted by Gasteiger charge is 2.29. The predicted molar refractivity (Wildman–Crippen MR) is 84.2 cm³/mol. The normalized spacial score (nSPS) is 17.3. The van der Waals surface area contributed by atoms with E-state index in [1.165, 1.54) is 0 Å². The molecule has 0 radical (unpaired) electrons. The lowest BCUT2D eigenvalue weighted by Crippen LogP contribution is -2.13. The van der Waals surface area contributed by atoms with Crippen molar-refractivity contribution < 1.29 is 23.0 Å². The van der Waals surface area contributed by atoms with Crippen molar-refractivity contribution in [1.29, 1.82) is 0 Å². The summed E-state index contributed by atoms with van der Waals surface area (Å²) in [4.78, 5) is 0. The zero-order valence-electron chi connectivity index (χ0n) is 11.9. The number of ether oxygens (including phenoxy) is 1. The number of rotatable bonds is 3. The predicted octanol–water partition coefficient (Wildman–Crippen LogP) is 4.75. The molecule has 0 saturated carbocycles. The SMILES string of the molecule is O[C@H]1CCOc2cc(-c3ccccc3NSC(F)(F)F)ccc21. The molecule has 0 fully saturated rings. The molecule has 0 bridgehead atoms. The van der Waals surface area contributed by atoms with Crippen LogP contribution in [0.5, 0.6) is 5.75 Å². The second-order valence-corrected chi connectivity index (χ2v) is 5.97. The molecule has 1 aliphatic heterocycles. The van der Waals surface area contributed by atoms with E-state index < -0.39 is 11.6 Å². The fourth-order valence-electron chi connectivity index (χ4n) is 2.47. The molecule has 0 aromatic heterocycles. The molecule has 1 heterocycles. The van der Waals surface area contributed by atoms with Gasteiger partial charge in [-0.2, -0.15) is 13.2 Å². The van der Waals surface area contributed by atoms with E-state index in [9.17, 15) is 18.3 Å². The largest absolute Gasteiger partial charge is 0.493 e. The van der Waals surface area contributed by atoms with Gasteiger partial charge in [0.25, 0.3) is 0 Å². The minimum atomic E-state index is -4.36. The van der Waals surface area contributed by atoms with Crippen LogP contribution in [0.1, 0.15) is 18.1 Å². The highest BCUT2D eigenvalue weighted by Crippen LogP contribution is 2.39. The Morgan fingerprint density at radius 2 is 1.96 bits per heavy atom. The molecule has 0 unspecified atom stereocenters. The van der Waals surface area contributed by atoms with Crippen molar-refractivity contribution in [3.63, 3.8) is 0 Å². The zero-order valence-corrected chi connectivity index (χ0v) is 12.7. The monoisotopic (exact) mass is 341 g/mol. The average molecular weight is 341 g/mol. The summed E-state index contributed by atoms with van der Waals surface area (Å²) in [5, 5.41) is 9.93. The number of benzene rings is 2. The second-order valence-electron chi connectivity index (χ2n) is 5.10. The van der Waals surface area contributed by atoms with Gasteiger partial charge in [0.05, 0.1) is 30.3 Å². The van der Waals surface area contributed by atoms with Crippen LogP contribution in [0.15, 0.2) is 42.5 Å². The van der Waals surface area contributed by atoms with Crippen molar-refractivity contribution >= 4 is 17.6 Å². The third-order valence-corrected chi connectivity index (χ3v) is 4.09. The van der Waals surface area contributed by atoms with Crippen LogP contribution in [0, 0.1) is 0 Å². The van der Waals surface area contributed by atoms with Crippen molar-refractivity contribution in [3.8, 4) is 16.9 Å². The highest BCUT2D eigenvalue weighted by molar-refractivity contribution is 8.01. The third kappa shape index (κ3) is 3.73. The Labute approximate surface area is 135 Å².